The van der Waals surface area contributed by atoms with Crippen LogP contribution < -0.4 is 20.7 Å². The van der Waals surface area contributed by atoms with Gasteiger partial charge < -0.3 is 9.47 Å². The summed E-state index contributed by atoms with van der Waals surface area (Å²) in [6.45, 7) is 2.98. The highest BCUT2D eigenvalue weighted by Crippen LogP contribution is 2.34. The maximum Gasteiger partial charge on any atom is 0.231 e. The van der Waals surface area contributed by atoms with Crippen molar-refractivity contribution in [1.82, 2.24) is 5.43 Å². The molecule has 0 aliphatic carbocycles. The number of fused-ring (bicyclic) bond motifs is 1. The summed E-state index contributed by atoms with van der Waals surface area (Å²) in [6.07, 6.45) is 0. The van der Waals surface area contributed by atoms with E-state index in [0.29, 0.717) is 13.3 Å². The third-order valence-corrected chi connectivity index (χ3v) is 2.12. The summed E-state index contributed by atoms with van der Waals surface area (Å²) in [4.78, 5) is 0. The Bertz CT molecular complexity index is 326. The van der Waals surface area contributed by atoms with E-state index in [9.17, 15) is 0 Å². The average molecular weight is 180 g/mol. The van der Waals surface area contributed by atoms with E-state index in [1.54, 1.807) is 0 Å². The van der Waals surface area contributed by atoms with Crippen molar-refractivity contribution in [2.75, 3.05) is 6.79 Å². The Labute approximate surface area is 76.6 Å². The lowest BCUT2D eigenvalue weighted by atomic mass is 10.1. The number of benzene rings is 1. The molecular weight excluding hydrogens is 168 g/mol. The molecule has 4 heteroatoms. The van der Waals surface area contributed by atoms with Crippen LogP contribution in [0, 0.1) is 6.92 Å². The van der Waals surface area contributed by atoms with Gasteiger partial charge in [0, 0.05) is 6.54 Å². The van der Waals surface area contributed by atoms with Gasteiger partial charge in [0.05, 0.1) is 0 Å². The number of hydrogen-bond acceptors (Lipinski definition) is 4. The minimum Gasteiger partial charge on any atom is -0.454 e. The predicted octanol–water partition coefficient (Wildman–Crippen LogP) is 0.687. The van der Waals surface area contributed by atoms with Crippen LogP contribution in [0.3, 0.4) is 0 Å². The molecule has 0 aromatic heterocycles. The van der Waals surface area contributed by atoms with Crippen molar-refractivity contribution in [2.45, 2.75) is 13.5 Å². The highest BCUT2D eigenvalue weighted by molar-refractivity contribution is 5.48. The van der Waals surface area contributed by atoms with Crippen molar-refractivity contribution in [3.8, 4) is 11.5 Å². The average Bonchev–Trinajstić information content (AvgIpc) is 2.52. The first-order chi connectivity index (χ1) is 6.31. The quantitative estimate of drug-likeness (QED) is 0.519. The molecular formula is C9H12N2O2. The van der Waals surface area contributed by atoms with Gasteiger partial charge in [-0.15, -0.1) is 0 Å². The maximum absolute atomic E-state index is 5.25. The van der Waals surface area contributed by atoms with Gasteiger partial charge in [0.2, 0.25) is 6.79 Å². The maximum atomic E-state index is 5.25. The molecule has 0 spiro atoms. The van der Waals surface area contributed by atoms with E-state index in [-0.39, 0.29) is 0 Å². The van der Waals surface area contributed by atoms with Crippen molar-refractivity contribution >= 4 is 0 Å². The first-order valence-electron chi connectivity index (χ1n) is 4.14. The number of nitrogens with two attached hydrogens (primary N) is 1. The number of nitrogens with one attached hydrogen (secondary N) is 1. The van der Waals surface area contributed by atoms with Crippen LogP contribution in [0.4, 0.5) is 0 Å². The highest BCUT2D eigenvalue weighted by Gasteiger charge is 2.14. The molecule has 2 rings (SSSR count). The fraction of sp³-hybridized carbons (Fsp3) is 0.333. The van der Waals surface area contributed by atoms with Crippen molar-refractivity contribution in [1.29, 1.82) is 0 Å². The molecule has 1 aliphatic rings. The zero-order chi connectivity index (χ0) is 9.26. The molecule has 0 unspecified atom stereocenters. The second kappa shape index (κ2) is 3.24. The molecule has 0 fully saturated rings. The summed E-state index contributed by atoms with van der Waals surface area (Å²) in [5, 5.41) is 0. The zero-order valence-electron chi connectivity index (χ0n) is 7.46. The minimum atomic E-state index is 0.314. The first kappa shape index (κ1) is 8.34. The first-order valence-corrected chi connectivity index (χ1v) is 4.14. The van der Waals surface area contributed by atoms with E-state index in [2.05, 4.69) is 5.43 Å². The molecule has 1 aliphatic heterocycles. The number of hydrogen-bond donors (Lipinski definition) is 2. The van der Waals surface area contributed by atoms with Crippen LogP contribution in [0.2, 0.25) is 0 Å². The van der Waals surface area contributed by atoms with Gasteiger partial charge in [-0.3, -0.25) is 11.3 Å². The van der Waals surface area contributed by atoms with Crippen molar-refractivity contribution in [3.63, 3.8) is 0 Å². The fourth-order valence-corrected chi connectivity index (χ4v) is 1.39. The standard InChI is InChI=1S/C9H12N2O2/c1-6-2-8-9(13-5-12-8)3-7(6)4-11-10/h2-3,11H,4-5,10H2,1H3. The van der Waals surface area contributed by atoms with Crippen LogP contribution in [0.5, 0.6) is 11.5 Å². The van der Waals surface area contributed by atoms with Crippen LogP contribution >= 0.6 is 0 Å². The summed E-state index contributed by atoms with van der Waals surface area (Å²) < 4.78 is 10.5. The zero-order valence-corrected chi connectivity index (χ0v) is 7.46. The van der Waals surface area contributed by atoms with Crippen molar-refractivity contribution < 1.29 is 9.47 Å². The topological polar surface area (TPSA) is 56.5 Å². The van der Waals surface area contributed by atoms with Crippen LogP contribution in [0.25, 0.3) is 0 Å². The Kier molecular flexibility index (Phi) is 2.08. The third-order valence-electron chi connectivity index (χ3n) is 2.12. The van der Waals surface area contributed by atoms with E-state index in [0.717, 1.165) is 22.6 Å². The lowest BCUT2D eigenvalue weighted by Crippen LogP contribution is -2.21. The molecule has 0 saturated carbocycles. The summed E-state index contributed by atoms with van der Waals surface area (Å²) in [5.74, 6) is 6.87. The van der Waals surface area contributed by atoms with Gasteiger partial charge in [-0.2, -0.15) is 0 Å². The SMILES string of the molecule is Cc1cc2c(cc1CNN)OCO2. The molecule has 4 nitrogen and oxygen atoms in total. The van der Waals surface area contributed by atoms with Crippen molar-refractivity contribution in [2.24, 2.45) is 5.84 Å². The number of ether oxygens (including phenoxy) is 2. The highest BCUT2D eigenvalue weighted by atomic mass is 16.7. The smallest absolute Gasteiger partial charge is 0.231 e. The van der Waals surface area contributed by atoms with E-state index in [4.69, 9.17) is 15.3 Å². The van der Waals surface area contributed by atoms with Crippen LogP contribution in [0.15, 0.2) is 12.1 Å². The number of aryl methyl sites for hydroxylation is 1. The second-order valence-electron chi connectivity index (χ2n) is 3.01. The largest absolute Gasteiger partial charge is 0.454 e. The monoisotopic (exact) mass is 180 g/mol. The molecule has 1 heterocycles. The van der Waals surface area contributed by atoms with Crippen LogP contribution in [-0.4, -0.2) is 6.79 Å². The van der Waals surface area contributed by atoms with Gasteiger partial charge in [0.1, 0.15) is 0 Å². The van der Waals surface area contributed by atoms with Crippen LogP contribution in [-0.2, 0) is 6.54 Å². The van der Waals surface area contributed by atoms with Gasteiger partial charge in [-0.25, -0.2) is 0 Å². The number of hydrazine groups is 1. The fourth-order valence-electron chi connectivity index (χ4n) is 1.39. The summed E-state index contributed by atoms with van der Waals surface area (Å²) in [6, 6.07) is 3.92. The molecule has 0 atom stereocenters. The Balaban J connectivity index is 2.37. The molecule has 0 saturated heterocycles. The third kappa shape index (κ3) is 1.46. The van der Waals surface area contributed by atoms with Crippen molar-refractivity contribution in [3.05, 3.63) is 23.3 Å². The molecule has 1 aromatic carbocycles. The normalized spacial score (nSPS) is 13.4. The Morgan fingerprint density at radius 2 is 2.08 bits per heavy atom. The van der Waals surface area contributed by atoms with Gasteiger partial charge >= 0.3 is 0 Å². The molecule has 13 heavy (non-hydrogen) atoms. The van der Waals surface area contributed by atoms with E-state index >= 15 is 0 Å². The Hall–Kier alpha value is -1.26. The molecule has 0 amide bonds. The summed E-state index contributed by atoms with van der Waals surface area (Å²) in [7, 11) is 0. The van der Waals surface area contributed by atoms with Gasteiger partial charge in [-0.1, -0.05) is 0 Å². The molecule has 3 N–H and O–H groups in total. The molecule has 0 bridgehead atoms. The van der Waals surface area contributed by atoms with Gasteiger partial charge in [0.15, 0.2) is 11.5 Å². The second-order valence-corrected chi connectivity index (χ2v) is 3.01. The molecule has 1 aromatic rings. The molecule has 0 radical (unpaired) electrons. The summed E-state index contributed by atoms with van der Waals surface area (Å²) in [5.41, 5.74) is 4.91. The minimum absolute atomic E-state index is 0.314. The van der Waals surface area contributed by atoms with Crippen LogP contribution in [0.1, 0.15) is 11.1 Å². The lowest BCUT2D eigenvalue weighted by Gasteiger charge is -2.06. The Morgan fingerprint density at radius 3 is 2.77 bits per heavy atom. The van der Waals surface area contributed by atoms with E-state index in [1.165, 1.54) is 0 Å². The lowest BCUT2D eigenvalue weighted by molar-refractivity contribution is 0.174. The summed E-state index contributed by atoms with van der Waals surface area (Å²) >= 11 is 0. The van der Waals surface area contributed by atoms with E-state index < -0.39 is 0 Å². The van der Waals surface area contributed by atoms with E-state index in [1.807, 2.05) is 19.1 Å². The van der Waals surface area contributed by atoms with Gasteiger partial charge in [0.25, 0.3) is 0 Å². The molecule has 70 valence electrons. The van der Waals surface area contributed by atoms with Gasteiger partial charge in [-0.05, 0) is 30.2 Å². The predicted molar refractivity (Wildman–Crippen MR) is 48.3 cm³/mol. The Morgan fingerprint density at radius 1 is 1.38 bits per heavy atom. The number of rotatable bonds is 2.